The third-order valence-corrected chi connectivity index (χ3v) is 3.96. The minimum atomic E-state index is -0.343. The topological polar surface area (TPSA) is 63.4 Å². The molecule has 1 aromatic rings. The number of carbonyl (C=O) groups is 2. The van der Waals surface area contributed by atoms with Crippen LogP contribution in [-0.4, -0.2) is 35.7 Å². The molecule has 1 atom stereocenters. The maximum atomic E-state index is 12.8. The van der Waals surface area contributed by atoms with Crippen molar-refractivity contribution in [3.05, 3.63) is 35.6 Å². The molecule has 0 saturated carbocycles. The number of nitrogens with two attached hydrogens (primary N) is 1. The fourth-order valence-corrected chi connectivity index (χ4v) is 2.80. The summed E-state index contributed by atoms with van der Waals surface area (Å²) < 4.78 is 12.8. The highest BCUT2D eigenvalue weighted by molar-refractivity contribution is 5.95. The summed E-state index contributed by atoms with van der Waals surface area (Å²) in [4.78, 5) is 25.4. The van der Waals surface area contributed by atoms with E-state index in [0.29, 0.717) is 24.9 Å². The quantitative estimate of drug-likeness (QED) is 0.817. The van der Waals surface area contributed by atoms with E-state index in [2.05, 4.69) is 4.90 Å². The molecule has 1 fully saturated rings. The van der Waals surface area contributed by atoms with Gasteiger partial charge in [-0.05, 0) is 56.6 Å². The average molecular weight is 292 g/mol. The first-order valence-corrected chi connectivity index (χ1v) is 7.40. The lowest BCUT2D eigenvalue weighted by atomic mass is 10.0. The number of likely N-dealkylation sites (tertiary alicyclic amines) is 1. The van der Waals surface area contributed by atoms with E-state index in [1.54, 1.807) is 0 Å². The van der Waals surface area contributed by atoms with Crippen LogP contribution in [0.1, 0.15) is 42.5 Å². The first-order chi connectivity index (χ1) is 10.1. The predicted octanol–water partition coefficient (Wildman–Crippen LogP) is 2.13. The molecule has 1 heterocycles. The zero-order valence-corrected chi connectivity index (χ0v) is 12.1. The Morgan fingerprint density at radius 1 is 1.24 bits per heavy atom. The van der Waals surface area contributed by atoms with E-state index in [1.807, 2.05) is 0 Å². The highest BCUT2D eigenvalue weighted by Gasteiger charge is 2.26. The van der Waals surface area contributed by atoms with Crippen LogP contribution in [0.2, 0.25) is 0 Å². The van der Waals surface area contributed by atoms with Gasteiger partial charge in [0.15, 0.2) is 5.78 Å². The van der Waals surface area contributed by atoms with Crippen LogP contribution in [0.5, 0.6) is 0 Å². The number of hydrogen-bond donors (Lipinski definition) is 1. The van der Waals surface area contributed by atoms with Crippen molar-refractivity contribution in [1.82, 2.24) is 4.90 Å². The van der Waals surface area contributed by atoms with Gasteiger partial charge in [-0.1, -0.05) is 6.42 Å². The van der Waals surface area contributed by atoms with Gasteiger partial charge in [-0.25, -0.2) is 4.39 Å². The molecule has 1 aliphatic heterocycles. The Labute approximate surface area is 124 Å². The summed E-state index contributed by atoms with van der Waals surface area (Å²) >= 11 is 0. The van der Waals surface area contributed by atoms with Crippen LogP contribution in [0.4, 0.5) is 4.39 Å². The van der Waals surface area contributed by atoms with E-state index in [1.165, 1.54) is 24.3 Å². The van der Waals surface area contributed by atoms with Gasteiger partial charge >= 0.3 is 0 Å². The molecule has 4 nitrogen and oxygen atoms in total. The number of piperidine rings is 1. The maximum Gasteiger partial charge on any atom is 0.234 e. The third kappa shape index (κ3) is 4.36. The van der Waals surface area contributed by atoms with Gasteiger partial charge in [-0.2, -0.15) is 0 Å². The van der Waals surface area contributed by atoms with Gasteiger partial charge in [0, 0.05) is 12.0 Å². The van der Waals surface area contributed by atoms with Crippen molar-refractivity contribution in [2.45, 2.75) is 38.1 Å². The van der Waals surface area contributed by atoms with Crippen LogP contribution < -0.4 is 5.73 Å². The lowest BCUT2D eigenvalue weighted by Crippen LogP contribution is -2.47. The predicted molar refractivity (Wildman–Crippen MR) is 78.4 cm³/mol. The highest BCUT2D eigenvalue weighted by Crippen LogP contribution is 2.17. The number of halogens is 1. The van der Waals surface area contributed by atoms with Gasteiger partial charge in [-0.3, -0.25) is 14.5 Å². The largest absolute Gasteiger partial charge is 0.368 e. The Balaban J connectivity index is 1.81. The molecule has 5 heteroatoms. The number of benzene rings is 1. The van der Waals surface area contributed by atoms with Crippen molar-refractivity contribution in [2.24, 2.45) is 5.73 Å². The molecule has 0 aliphatic carbocycles. The molecule has 21 heavy (non-hydrogen) atoms. The number of carbonyl (C=O) groups excluding carboxylic acids is 2. The Morgan fingerprint density at radius 2 is 1.95 bits per heavy atom. The molecule has 1 aromatic carbocycles. The van der Waals surface area contributed by atoms with Gasteiger partial charge in [0.05, 0.1) is 6.04 Å². The van der Waals surface area contributed by atoms with Crippen LogP contribution in [0.3, 0.4) is 0 Å². The Morgan fingerprint density at radius 3 is 2.62 bits per heavy atom. The van der Waals surface area contributed by atoms with Crippen molar-refractivity contribution in [1.29, 1.82) is 0 Å². The lowest BCUT2D eigenvalue weighted by molar-refractivity contribution is -0.124. The van der Waals surface area contributed by atoms with Crippen LogP contribution in [0.15, 0.2) is 24.3 Å². The number of hydrogen-bond acceptors (Lipinski definition) is 3. The van der Waals surface area contributed by atoms with Crippen LogP contribution in [-0.2, 0) is 4.79 Å². The highest BCUT2D eigenvalue weighted by atomic mass is 19.1. The number of ketones is 1. The van der Waals surface area contributed by atoms with Gasteiger partial charge in [0.1, 0.15) is 5.82 Å². The second kappa shape index (κ2) is 7.31. The minimum absolute atomic E-state index is 0.00244. The SMILES string of the molecule is NC(=O)C1CCCCN1CCCC(=O)c1ccc(F)cc1. The van der Waals surface area contributed by atoms with E-state index in [9.17, 15) is 14.0 Å². The molecule has 1 amide bonds. The van der Waals surface area contributed by atoms with E-state index < -0.39 is 0 Å². The summed E-state index contributed by atoms with van der Waals surface area (Å²) in [5.74, 6) is -0.619. The molecule has 1 unspecified atom stereocenters. The lowest BCUT2D eigenvalue weighted by Gasteiger charge is -2.33. The molecule has 0 bridgehead atoms. The van der Waals surface area contributed by atoms with Gasteiger partial charge in [0.25, 0.3) is 0 Å². The smallest absolute Gasteiger partial charge is 0.234 e. The molecule has 1 saturated heterocycles. The number of primary amides is 1. The molecule has 114 valence electrons. The van der Waals surface area contributed by atoms with Crippen molar-refractivity contribution in [2.75, 3.05) is 13.1 Å². The Kier molecular flexibility index (Phi) is 5.44. The average Bonchev–Trinajstić information content (AvgIpc) is 2.48. The number of Topliss-reactive ketones (excluding diaryl/α,β-unsaturated/α-hetero) is 1. The van der Waals surface area contributed by atoms with Crippen molar-refractivity contribution in [3.63, 3.8) is 0 Å². The van der Waals surface area contributed by atoms with Crippen LogP contribution in [0.25, 0.3) is 0 Å². The minimum Gasteiger partial charge on any atom is -0.368 e. The zero-order valence-electron chi connectivity index (χ0n) is 12.1. The summed E-state index contributed by atoms with van der Waals surface area (Å²) in [5, 5.41) is 0. The number of amides is 1. The summed E-state index contributed by atoms with van der Waals surface area (Å²) in [6.07, 6.45) is 3.98. The van der Waals surface area contributed by atoms with Crippen LogP contribution >= 0.6 is 0 Å². The molecule has 0 spiro atoms. The summed E-state index contributed by atoms with van der Waals surface area (Å²) in [5.41, 5.74) is 5.94. The zero-order chi connectivity index (χ0) is 15.2. The molecule has 2 rings (SSSR count). The molecular formula is C16H21FN2O2. The van der Waals surface area contributed by atoms with Crippen LogP contribution in [0, 0.1) is 5.82 Å². The third-order valence-electron chi connectivity index (χ3n) is 3.96. The molecular weight excluding hydrogens is 271 g/mol. The molecule has 2 N–H and O–H groups in total. The summed E-state index contributed by atoms with van der Waals surface area (Å²) in [7, 11) is 0. The number of rotatable bonds is 6. The monoisotopic (exact) mass is 292 g/mol. The van der Waals surface area contributed by atoms with Gasteiger partial charge in [-0.15, -0.1) is 0 Å². The van der Waals surface area contributed by atoms with Gasteiger partial charge < -0.3 is 5.73 Å². The summed E-state index contributed by atoms with van der Waals surface area (Å²) in [6.45, 7) is 1.55. The fourth-order valence-electron chi connectivity index (χ4n) is 2.80. The molecule has 0 aromatic heterocycles. The van der Waals surface area contributed by atoms with E-state index in [4.69, 9.17) is 5.73 Å². The van der Waals surface area contributed by atoms with Crippen molar-refractivity contribution < 1.29 is 14.0 Å². The maximum absolute atomic E-state index is 12.8. The van der Waals surface area contributed by atoms with Crippen molar-refractivity contribution in [3.8, 4) is 0 Å². The molecule has 0 radical (unpaired) electrons. The second-order valence-electron chi connectivity index (χ2n) is 5.48. The standard InChI is InChI=1S/C16H21FN2O2/c17-13-8-6-12(7-9-13)15(20)5-3-11-19-10-2-1-4-14(19)16(18)21/h6-9,14H,1-5,10-11H2,(H2,18,21). The van der Waals surface area contributed by atoms with Gasteiger partial charge in [0.2, 0.25) is 5.91 Å². The van der Waals surface area contributed by atoms with E-state index >= 15 is 0 Å². The second-order valence-corrected chi connectivity index (χ2v) is 5.48. The fraction of sp³-hybridized carbons (Fsp3) is 0.500. The van der Waals surface area contributed by atoms with Crippen molar-refractivity contribution >= 4 is 11.7 Å². The first kappa shape index (κ1) is 15.6. The first-order valence-electron chi connectivity index (χ1n) is 7.40. The Hall–Kier alpha value is -1.75. The normalized spacial score (nSPS) is 19.4. The van der Waals surface area contributed by atoms with E-state index in [-0.39, 0.29) is 23.5 Å². The summed E-state index contributed by atoms with van der Waals surface area (Å²) in [6, 6.07) is 5.40. The van der Waals surface area contributed by atoms with E-state index in [0.717, 1.165) is 25.8 Å². The Bertz CT molecular complexity index is 502. The molecule has 1 aliphatic rings. The number of nitrogens with zero attached hydrogens (tertiary/aromatic N) is 1.